The number of anilines is 1. The number of rotatable bonds is 5. The summed E-state index contributed by atoms with van der Waals surface area (Å²) in [6.45, 7) is -0.0393. The first-order valence-corrected chi connectivity index (χ1v) is 8.49. The predicted octanol–water partition coefficient (Wildman–Crippen LogP) is 3.42. The molecule has 2 aromatic heterocycles. The highest BCUT2D eigenvalue weighted by Gasteiger charge is 2.41. The largest absolute Gasteiger partial charge is 0.434 e. The van der Waals surface area contributed by atoms with E-state index in [2.05, 4.69) is 15.4 Å². The Hall–Kier alpha value is -3.43. The smallest absolute Gasteiger partial charge is 0.362 e. The van der Waals surface area contributed by atoms with Gasteiger partial charge in [-0.2, -0.15) is 18.3 Å². The van der Waals surface area contributed by atoms with E-state index in [0.717, 1.165) is 18.3 Å². The molecule has 6 nitrogen and oxygen atoms in total. The monoisotopic (exact) mass is 407 g/mol. The van der Waals surface area contributed by atoms with Gasteiger partial charge in [0.15, 0.2) is 5.69 Å². The SMILES string of the molecule is CN(C)c1ncccc1CNC(=O)c1cnn(-c2ccccc2F)c1C(F)(F)F. The zero-order valence-corrected chi connectivity index (χ0v) is 15.5. The summed E-state index contributed by atoms with van der Waals surface area (Å²) in [5.41, 5.74) is -1.82. The molecule has 1 N–H and O–H groups in total. The fourth-order valence-corrected chi connectivity index (χ4v) is 2.84. The van der Waals surface area contributed by atoms with Crippen molar-refractivity contribution in [2.24, 2.45) is 0 Å². The van der Waals surface area contributed by atoms with Gasteiger partial charge in [0.05, 0.1) is 11.8 Å². The number of nitrogens with zero attached hydrogens (tertiary/aromatic N) is 4. The van der Waals surface area contributed by atoms with Gasteiger partial charge in [0.25, 0.3) is 5.91 Å². The number of carbonyl (C=O) groups excluding carboxylic acids is 1. The van der Waals surface area contributed by atoms with Crippen LogP contribution in [0.4, 0.5) is 23.4 Å². The molecule has 1 amide bonds. The lowest BCUT2D eigenvalue weighted by Crippen LogP contribution is -2.27. The van der Waals surface area contributed by atoms with Gasteiger partial charge in [0, 0.05) is 32.4 Å². The number of halogens is 4. The first-order chi connectivity index (χ1) is 13.7. The highest BCUT2D eigenvalue weighted by molar-refractivity contribution is 5.95. The fraction of sp³-hybridized carbons (Fsp3) is 0.211. The van der Waals surface area contributed by atoms with Gasteiger partial charge >= 0.3 is 6.18 Å². The molecule has 152 valence electrons. The third-order valence-electron chi connectivity index (χ3n) is 4.09. The van der Waals surface area contributed by atoms with Crippen LogP contribution in [0.2, 0.25) is 0 Å². The van der Waals surface area contributed by atoms with E-state index in [1.807, 2.05) is 0 Å². The van der Waals surface area contributed by atoms with Gasteiger partial charge in [-0.25, -0.2) is 14.1 Å². The Balaban J connectivity index is 1.93. The van der Waals surface area contributed by atoms with Crippen LogP contribution in [0.3, 0.4) is 0 Å². The minimum atomic E-state index is -4.92. The van der Waals surface area contributed by atoms with Crippen molar-refractivity contribution >= 4 is 11.7 Å². The lowest BCUT2D eigenvalue weighted by atomic mass is 10.2. The number of benzene rings is 1. The number of para-hydroxylation sites is 1. The Morgan fingerprint density at radius 3 is 2.55 bits per heavy atom. The normalized spacial score (nSPS) is 11.4. The fourth-order valence-electron chi connectivity index (χ4n) is 2.84. The minimum absolute atomic E-state index is 0.0393. The standard InChI is InChI=1S/C19H17F4N5O/c1-27(2)17-12(6-5-9-24-17)10-25-18(29)13-11-26-28(16(13)19(21,22)23)15-8-4-3-7-14(15)20/h3-9,11H,10H2,1-2H3,(H,25,29). The molecule has 3 rings (SSSR count). The van der Waals surface area contributed by atoms with Crippen LogP contribution in [-0.4, -0.2) is 34.8 Å². The number of hydrogen-bond acceptors (Lipinski definition) is 4. The van der Waals surface area contributed by atoms with E-state index >= 15 is 0 Å². The third kappa shape index (κ3) is 4.20. The second-order valence-corrected chi connectivity index (χ2v) is 6.33. The van der Waals surface area contributed by atoms with Crippen LogP contribution in [0, 0.1) is 5.82 Å². The van der Waals surface area contributed by atoms with Crippen molar-refractivity contribution < 1.29 is 22.4 Å². The molecule has 1 aromatic carbocycles. The number of nitrogens with one attached hydrogen (secondary N) is 1. The summed E-state index contributed by atoms with van der Waals surface area (Å²) in [6, 6.07) is 8.26. The van der Waals surface area contributed by atoms with E-state index in [1.54, 1.807) is 37.3 Å². The lowest BCUT2D eigenvalue weighted by Gasteiger charge is -2.16. The molecule has 0 saturated heterocycles. The van der Waals surface area contributed by atoms with Crippen molar-refractivity contribution in [3.8, 4) is 5.69 Å². The Bertz CT molecular complexity index is 1030. The van der Waals surface area contributed by atoms with Crippen LogP contribution in [0.1, 0.15) is 21.6 Å². The summed E-state index contributed by atoms with van der Waals surface area (Å²) in [7, 11) is 3.52. The molecule has 0 radical (unpaired) electrons. The molecule has 0 spiro atoms. The van der Waals surface area contributed by atoms with E-state index < -0.39 is 34.8 Å². The summed E-state index contributed by atoms with van der Waals surface area (Å²) in [5, 5.41) is 6.06. The van der Waals surface area contributed by atoms with E-state index in [9.17, 15) is 22.4 Å². The zero-order valence-electron chi connectivity index (χ0n) is 15.5. The van der Waals surface area contributed by atoms with Crippen molar-refractivity contribution in [2.45, 2.75) is 12.7 Å². The molecular formula is C19H17F4N5O. The van der Waals surface area contributed by atoms with Crippen LogP contribution in [0.25, 0.3) is 5.69 Å². The molecule has 0 saturated carbocycles. The van der Waals surface area contributed by atoms with E-state index in [1.165, 1.54) is 12.1 Å². The number of alkyl halides is 3. The first kappa shape index (κ1) is 20.3. The van der Waals surface area contributed by atoms with Crippen LogP contribution in [0.5, 0.6) is 0 Å². The molecule has 0 aliphatic heterocycles. The molecule has 29 heavy (non-hydrogen) atoms. The van der Waals surface area contributed by atoms with E-state index in [4.69, 9.17) is 0 Å². The highest BCUT2D eigenvalue weighted by atomic mass is 19.4. The maximum atomic E-state index is 14.0. The molecule has 0 bridgehead atoms. The quantitative estimate of drug-likeness (QED) is 0.659. The highest BCUT2D eigenvalue weighted by Crippen LogP contribution is 2.34. The Morgan fingerprint density at radius 1 is 1.17 bits per heavy atom. The number of hydrogen-bond donors (Lipinski definition) is 1. The lowest BCUT2D eigenvalue weighted by molar-refractivity contribution is -0.143. The van der Waals surface area contributed by atoms with Gasteiger partial charge < -0.3 is 10.2 Å². The van der Waals surface area contributed by atoms with Gasteiger partial charge in [-0.15, -0.1) is 0 Å². The number of amides is 1. The van der Waals surface area contributed by atoms with Crippen LogP contribution in [0.15, 0.2) is 48.8 Å². The number of pyridine rings is 1. The second kappa shape index (κ2) is 7.90. The first-order valence-electron chi connectivity index (χ1n) is 8.49. The average Bonchev–Trinajstić information content (AvgIpc) is 3.12. The molecule has 0 atom stereocenters. The number of aromatic nitrogens is 3. The van der Waals surface area contributed by atoms with Crippen LogP contribution in [-0.2, 0) is 12.7 Å². The molecular weight excluding hydrogens is 390 g/mol. The molecule has 2 heterocycles. The molecule has 10 heteroatoms. The molecule has 3 aromatic rings. The maximum Gasteiger partial charge on any atom is 0.434 e. The van der Waals surface area contributed by atoms with Gasteiger partial charge in [-0.05, 0) is 18.2 Å². The van der Waals surface area contributed by atoms with Gasteiger partial charge in [0.1, 0.15) is 17.3 Å². The Kier molecular flexibility index (Phi) is 5.53. The van der Waals surface area contributed by atoms with Crippen molar-refractivity contribution in [1.29, 1.82) is 0 Å². The summed E-state index contributed by atoms with van der Waals surface area (Å²) >= 11 is 0. The zero-order chi connectivity index (χ0) is 21.2. The average molecular weight is 407 g/mol. The van der Waals surface area contributed by atoms with Crippen molar-refractivity contribution in [3.05, 3.63) is 71.4 Å². The Labute approximate surface area is 163 Å². The molecule has 0 fully saturated rings. The van der Waals surface area contributed by atoms with Crippen LogP contribution >= 0.6 is 0 Å². The van der Waals surface area contributed by atoms with E-state index in [-0.39, 0.29) is 6.54 Å². The third-order valence-corrected chi connectivity index (χ3v) is 4.09. The van der Waals surface area contributed by atoms with Crippen LogP contribution < -0.4 is 10.2 Å². The number of carbonyl (C=O) groups is 1. The summed E-state index contributed by atoms with van der Waals surface area (Å²) in [6.07, 6.45) is -2.57. The van der Waals surface area contributed by atoms with Crippen molar-refractivity contribution in [1.82, 2.24) is 20.1 Å². The van der Waals surface area contributed by atoms with Crippen molar-refractivity contribution in [3.63, 3.8) is 0 Å². The van der Waals surface area contributed by atoms with Gasteiger partial charge in [-0.1, -0.05) is 18.2 Å². The minimum Gasteiger partial charge on any atom is -0.362 e. The predicted molar refractivity (Wildman–Crippen MR) is 98.3 cm³/mol. The summed E-state index contributed by atoms with van der Waals surface area (Å²) in [4.78, 5) is 18.4. The topological polar surface area (TPSA) is 63.1 Å². The van der Waals surface area contributed by atoms with E-state index in [0.29, 0.717) is 16.1 Å². The molecule has 0 aliphatic rings. The van der Waals surface area contributed by atoms with Gasteiger partial charge in [0.2, 0.25) is 0 Å². The second-order valence-electron chi connectivity index (χ2n) is 6.33. The van der Waals surface area contributed by atoms with Gasteiger partial charge in [-0.3, -0.25) is 4.79 Å². The summed E-state index contributed by atoms with van der Waals surface area (Å²) < 4.78 is 55.4. The molecule has 0 unspecified atom stereocenters. The summed E-state index contributed by atoms with van der Waals surface area (Å²) in [5.74, 6) is -1.29. The van der Waals surface area contributed by atoms with Crippen molar-refractivity contribution in [2.75, 3.05) is 19.0 Å². The Morgan fingerprint density at radius 2 is 1.90 bits per heavy atom. The molecule has 0 aliphatic carbocycles. The maximum absolute atomic E-state index is 14.0.